The molecule has 1 aromatic heterocycles. The van der Waals surface area contributed by atoms with Crippen LogP contribution in [0.2, 0.25) is 0 Å². The molecule has 1 aromatic carbocycles. The zero-order valence-corrected chi connectivity index (χ0v) is 23.9. The summed E-state index contributed by atoms with van der Waals surface area (Å²) in [6.45, 7) is 5.08. The molecule has 1 saturated heterocycles. The van der Waals surface area contributed by atoms with Gasteiger partial charge in [-0.2, -0.15) is 26.3 Å². The lowest BCUT2D eigenvalue weighted by molar-refractivity contribution is -0.193. The number of amides is 1. The Bertz CT molecular complexity index is 1230. The van der Waals surface area contributed by atoms with Crippen LogP contribution in [0.4, 0.5) is 30.7 Å². The molecule has 44 heavy (non-hydrogen) atoms. The number of carboxylic acids is 2. The van der Waals surface area contributed by atoms with E-state index in [1.807, 2.05) is 35.7 Å². The maximum absolute atomic E-state index is 13.1. The van der Waals surface area contributed by atoms with E-state index >= 15 is 0 Å². The number of benzene rings is 1. The number of likely N-dealkylation sites (tertiary alicyclic amines) is 1. The molecule has 3 N–H and O–H groups in total. The summed E-state index contributed by atoms with van der Waals surface area (Å²) in [5.41, 5.74) is 1.35. The third kappa shape index (κ3) is 11.4. The first kappa shape index (κ1) is 36.4. The van der Waals surface area contributed by atoms with Crippen LogP contribution in [0.1, 0.15) is 41.3 Å². The number of halogens is 7. The Labute approximate surface area is 247 Å². The first-order valence-electron chi connectivity index (χ1n) is 13.2. The highest BCUT2D eigenvalue weighted by molar-refractivity contribution is 5.90. The Morgan fingerprint density at radius 3 is 1.93 bits per heavy atom. The number of alkyl halides is 6. The second-order valence-electron chi connectivity index (χ2n) is 10.6. The zero-order chi connectivity index (χ0) is 33.3. The molecule has 18 heteroatoms. The van der Waals surface area contributed by atoms with E-state index in [0.29, 0.717) is 12.4 Å². The minimum absolute atomic E-state index is 0.138. The van der Waals surface area contributed by atoms with E-state index in [-0.39, 0.29) is 17.1 Å². The van der Waals surface area contributed by atoms with Crippen LogP contribution in [-0.2, 0) is 29.1 Å². The minimum Gasteiger partial charge on any atom is -0.475 e. The number of likely N-dealkylation sites (N-methyl/N-ethyl adjacent to an activating group) is 1. The van der Waals surface area contributed by atoms with Gasteiger partial charge in [0.05, 0.1) is 0 Å². The monoisotopic (exact) mass is 642 g/mol. The standard InChI is InChI=1S/C22H31FN6O.2C2HF3O2/c1-27(2)14-11-24-21(30)20-26-25-19-7-8-22(16-29(19)20)9-12-28(13-10-22)15-17-3-5-18(23)6-4-17;2*3-2(4,5)1(6)7/h3-6H,7-16H2,1-2H3,(H,24,30);2*(H,6,7). The van der Waals surface area contributed by atoms with Crippen LogP contribution < -0.4 is 5.32 Å². The smallest absolute Gasteiger partial charge is 0.475 e. The van der Waals surface area contributed by atoms with Crippen LogP contribution in [0.15, 0.2) is 24.3 Å². The minimum atomic E-state index is -5.08. The molecule has 0 atom stereocenters. The number of aryl methyl sites for hydroxylation is 1. The first-order chi connectivity index (χ1) is 20.3. The van der Waals surface area contributed by atoms with Gasteiger partial charge in [0, 0.05) is 32.6 Å². The maximum atomic E-state index is 13.1. The quantitative estimate of drug-likeness (QED) is 0.406. The van der Waals surface area contributed by atoms with Gasteiger partial charge in [-0.25, -0.2) is 14.0 Å². The normalized spacial score (nSPS) is 16.2. The Kier molecular flexibility index (Phi) is 12.6. The topological polar surface area (TPSA) is 141 Å². The molecular weight excluding hydrogens is 609 g/mol. The van der Waals surface area contributed by atoms with Crippen LogP contribution in [0.5, 0.6) is 0 Å². The summed E-state index contributed by atoms with van der Waals surface area (Å²) < 4.78 is 78.7. The van der Waals surface area contributed by atoms with E-state index in [4.69, 9.17) is 19.8 Å². The number of piperidine rings is 1. The molecule has 0 bridgehead atoms. The number of carboxylic acid groups (broad SMARTS) is 2. The molecule has 0 saturated carbocycles. The van der Waals surface area contributed by atoms with Gasteiger partial charge in [0.1, 0.15) is 11.6 Å². The van der Waals surface area contributed by atoms with Crippen LogP contribution in [-0.4, -0.2) is 105 Å². The average molecular weight is 643 g/mol. The molecule has 2 aliphatic rings. The van der Waals surface area contributed by atoms with E-state index in [0.717, 1.165) is 69.8 Å². The third-order valence-corrected chi connectivity index (χ3v) is 6.97. The highest BCUT2D eigenvalue weighted by atomic mass is 19.4. The summed E-state index contributed by atoms with van der Waals surface area (Å²) in [6.07, 6.45) is -6.02. The molecule has 0 aliphatic carbocycles. The number of nitrogens with one attached hydrogen (secondary N) is 1. The lowest BCUT2D eigenvalue weighted by Gasteiger charge is -2.44. The second kappa shape index (κ2) is 15.3. The fourth-order valence-electron chi connectivity index (χ4n) is 4.56. The van der Waals surface area contributed by atoms with Crippen LogP contribution >= 0.6 is 0 Å². The molecule has 1 fully saturated rings. The lowest BCUT2D eigenvalue weighted by atomic mass is 9.73. The van der Waals surface area contributed by atoms with Gasteiger partial charge in [-0.05, 0) is 69.6 Å². The highest BCUT2D eigenvalue weighted by Gasteiger charge is 2.40. The summed E-state index contributed by atoms with van der Waals surface area (Å²) >= 11 is 0. The molecule has 2 aliphatic heterocycles. The SMILES string of the molecule is CN(C)CCNC(=O)c1nnc2n1CC1(CC2)CCN(Cc2ccc(F)cc2)CC1.O=C(O)C(F)(F)F.O=C(O)C(F)(F)F. The molecule has 4 rings (SSSR count). The van der Waals surface area contributed by atoms with Crippen molar-refractivity contribution in [3.63, 3.8) is 0 Å². The predicted octanol–water partition coefficient (Wildman–Crippen LogP) is 3.20. The van der Waals surface area contributed by atoms with Gasteiger partial charge in [-0.15, -0.1) is 10.2 Å². The number of carbonyl (C=O) groups excluding carboxylic acids is 1. The number of rotatable bonds is 6. The summed E-state index contributed by atoms with van der Waals surface area (Å²) in [7, 11) is 3.97. The van der Waals surface area contributed by atoms with Crippen molar-refractivity contribution >= 4 is 17.8 Å². The van der Waals surface area contributed by atoms with Gasteiger partial charge in [-0.3, -0.25) is 9.69 Å². The number of nitrogens with zero attached hydrogens (tertiary/aromatic N) is 5. The predicted molar refractivity (Wildman–Crippen MR) is 140 cm³/mol. The fourth-order valence-corrected chi connectivity index (χ4v) is 4.56. The molecule has 0 unspecified atom stereocenters. The van der Waals surface area contributed by atoms with Gasteiger partial charge in [0.2, 0.25) is 5.82 Å². The number of aliphatic carboxylic acids is 2. The Hall–Kier alpha value is -3.80. The molecule has 1 amide bonds. The molecule has 246 valence electrons. The van der Waals surface area contributed by atoms with Gasteiger partial charge < -0.3 is 25.0 Å². The summed E-state index contributed by atoms with van der Waals surface area (Å²) in [5, 5.41) is 25.7. The zero-order valence-electron chi connectivity index (χ0n) is 23.9. The van der Waals surface area contributed by atoms with Crippen molar-refractivity contribution in [3.8, 4) is 0 Å². The molecular formula is C26H33F7N6O5. The van der Waals surface area contributed by atoms with E-state index < -0.39 is 24.3 Å². The van der Waals surface area contributed by atoms with Crippen molar-refractivity contribution in [1.82, 2.24) is 29.9 Å². The first-order valence-corrected chi connectivity index (χ1v) is 13.2. The molecule has 1 spiro atoms. The van der Waals surface area contributed by atoms with Gasteiger partial charge in [0.15, 0.2) is 0 Å². The fraction of sp³-hybridized carbons (Fsp3) is 0.577. The van der Waals surface area contributed by atoms with E-state index in [1.54, 1.807) is 0 Å². The molecule has 2 aromatic rings. The Morgan fingerprint density at radius 1 is 0.932 bits per heavy atom. The summed E-state index contributed by atoms with van der Waals surface area (Å²) in [5.74, 6) is -4.48. The van der Waals surface area contributed by atoms with E-state index in [9.17, 15) is 35.5 Å². The Morgan fingerprint density at radius 2 is 1.45 bits per heavy atom. The van der Waals surface area contributed by atoms with Crippen LogP contribution in [0, 0.1) is 11.2 Å². The highest BCUT2D eigenvalue weighted by Crippen LogP contribution is 2.41. The molecule has 3 heterocycles. The number of hydrogen-bond donors (Lipinski definition) is 3. The summed E-state index contributed by atoms with van der Waals surface area (Å²) in [4.78, 5) is 34.9. The van der Waals surface area contributed by atoms with Crippen molar-refractivity contribution in [2.24, 2.45) is 5.41 Å². The third-order valence-electron chi connectivity index (χ3n) is 6.97. The van der Waals surface area contributed by atoms with Crippen molar-refractivity contribution in [1.29, 1.82) is 0 Å². The Balaban J connectivity index is 0.000000402. The van der Waals surface area contributed by atoms with Crippen molar-refractivity contribution in [2.75, 3.05) is 40.3 Å². The van der Waals surface area contributed by atoms with Gasteiger partial charge >= 0.3 is 24.3 Å². The number of carbonyl (C=O) groups is 3. The van der Waals surface area contributed by atoms with Crippen molar-refractivity contribution < 1.29 is 55.3 Å². The number of fused-ring (bicyclic) bond motifs is 1. The van der Waals surface area contributed by atoms with Crippen molar-refractivity contribution in [2.45, 2.75) is 51.1 Å². The number of aromatic nitrogens is 3. The average Bonchev–Trinajstić information content (AvgIpc) is 3.34. The van der Waals surface area contributed by atoms with Crippen LogP contribution in [0.3, 0.4) is 0 Å². The van der Waals surface area contributed by atoms with Crippen LogP contribution in [0.25, 0.3) is 0 Å². The van der Waals surface area contributed by atoms with E-state index in [1.165, 1.54) is 12.1 Å². The second-order valence-corrected chi connectivity index (χ2v) is 10.6. The summed E-state index contributed by atoms with van der Waals surface area (Å²) in [6, 6.07) is 6.79. The number of hydrogen-bond acceptors (Lipinski definition) is 7. The molecule has 0 radical (unpaired) electrons. The largest absolute Gasteiger partial charge is 0.490 e. The molecule has 11 nitrogen and oxygen atoms in total. The van der Waals surface area contributed by atoms with E-state index in [2.05, 4.69) is 20.4 Å². The van der Waals surface area contributed by atoms with Gasteiger partial charge in [-0.1, -0.05) is 12.1 Å². The lowest BCUT2D eigenvalue weighted by Crippen LogP contribution is -2.45. The van der Waals surface area contributed by atoms with Crippen molar-refractivity contribution in [3.05, 3.63) is 47.3 Å². The van der Waals surface area contributed by atoms with Gasteiger partial charge in [0.25, 0.3) is 5.91 Å². The maximum Gasteiger partial charge on any atom is 0.490 e.